The zero-order valence-corrected chi connectivity index (χ0v) is 9.57. The highest BCUT2D eigenvalue weighted by atomic mass is 35.5. The van der Waals surface area contributed by atoms with Crippen LogP contribution in [0.25, 0.3) is 0 Å². The molecule has 0 aromatic heterocycles. The summed E-state index contributed by atoms with van der Waals surface area (Å²) in [5, 5.41) is 4.68. The van der Waals surface area contributed by atoms with E-state index in [0.29, 0.717) is 18.1 Å². The van der Waals surface area contributed by atoms with Crippen LogP contribution in [-0.2, 0) is 6.54 Å². The first-order valence-corrected chi connectivity index (χ1v) is 5.26. The Balaban J connectivity index is 2.62. The smallest absolute Gasteiger partial charge is 0.0451 e. The normalized spacial score (nSPS) is 12.9. The Bertz CT molecular complexity index is 302. The topological polar surface area (TPSA) is 38.0 Å². The molecular formula is C10H14Cl2N2. The number of nitrogens with one attached hydrogen (secondary N) is 1. The quantitative estimate of drug-likeness (QED) is 0.838. The highest BCUT2D eigenvalue weighted by Crippen LogP contribution is 2.20. The van der Waals surface area contributed by atoms with Gasteiger partial charge in [0.15, 0.2) is 0 Å². The van der Waals surface area contributed by atoms with Crippen molar-refractivity contribution in [2.45, 2.75) is 19.5 Å². The van der Waals surface area contributed by atoms with Crippen LogP contribution in [-0.4, -0.2) is 12.6 Å². The predicted molar refractivity (Wildman–Crippen MR) is 61.8 cm³/mol. The molecule has 78 valence electrons. The first kappa shape index (κ1) is 11.8. The second kappa shape index (κ2) is 5.56. The zero-order chi connectivity index (χ0) is 10.6. The molecule has 1 aromatic rings. The van der Waals surface area contributed by atoms with Gasteiger partial charge in [0.05, 0.1) is 0 Å². The van der Waals surface area contributed by atoms with Crippen molar-refractivity contribution in [2.75, 3.05) is 6.54 Å². The number of benzene rings is 1. The van der Waals surface area contributed by atoms with Gasteiger partial charge in [-0.1, -0.05) is 23.2 Å². The maximum absolute atomic E-state index is 5.99. The number of halogens is 2. The molecule has 0 aliphatic heterocycles. The monoisotopic (exact) mass is 232 g/mol. The van der Waals surface area contributed by atoms with Gasteiger partial charge >= 0.3 is 0 Å². The molecule has 0 bridgehead atoms. The van der Waals surface area contributed by atoms with Crippen molar-refractivity contribution in [2.24, 2.45) is 5.73 Å². The zero-order valence-electron chi connectivity index (χ0n) is 8.06. The molecule has 4 heteroatoms. The summed E-state index contributed by atoms with van der Waals surface area (Å²) in [6.07, 6.45) is 0. The third kappa shape index (κ3) is 3.46. The Hall–Kier alpha value is -0.280. The Morgan fingerprint density at radius 1 is 1.43 bits per heavy atom. The Kier molecular flexibility index (Phi) is 4.69. The van der Waals surface area contributed by atoms with Gasteiger partial charge in [-0.05, 0) is 30.7 Å². The first-order valence-electron chi connectivity index (χ1n) is 4.51. The minimum atomic E-state index is 0.282. The van der Waals surface area contributed by atoms with E-state index < -0.39 is 0 Å². The van der Waals surface area contributed by atoms with Gasteiger partial charge in [-0.25, -0.2) is 0 Å². The summed E-state index contributed by atoms with van der Waals surface area (Å²) in [6, 6.07) is 5.72. The Morgan fingerprint density at radius 2 is 2.14 bits per heavy atom. The van der Waals surface area contributed by atoms with Crippen molar-refractivity contribution in [3.8, 4) is 0 Å². The summed E-state index contributed by atoms with van der Waals surface area (Å²) in [7, 11) is 0. The molecule has 0 unspecified atom stereocenters. The molecule has 0 aliphatic carbocycles. The van der Waals surface area contributed by atoms with Crippen LogP contribution in [0.2, 0.25) is 10.0 Å². The first-order chi connectivity index (χ1) is 6.63. The van der Waals surface area contributed by atoms with Crippen molar-refractivity contribution < 1.29 is 0 Å². The lowest BCUT2D eigenvalue weighted by Gasteiger charge is -2.12. The van der Waals surface area contributed by atoms with Crippen molar-refractivity contribution in [1.82, 2.24) is 5.32 Å². The average molecular weight is 233 g/mol. The van der Waals surface area contributed by atoms with Gasteiger partial charge in [-0.3, -0.25) is 0 Å². The Labute approximate surface area is 94.4 Å². The van der Waals surface area contributed by atoms with E-state index in [1.54, 1.807) is 12.1 Å². The molecular weight excluding hydrogens is 219 g/mol. The molecule has 0 aliphatic rings. The summed E-state index contributed by atoms with van der Waals surface area (Å²) >= 11 is 11.8. The average Bonchev–Trinajstić information content (AvgIpc) is 2.19. The predicted octanol–water partition coefficient (Wildman–Crippen LogP) is 2.43. The van der Waals surface area contributed by atoms with E-state index >= 15 is 0 Å². The molecule has 2 nitrogen and oxygen atoms in total. The molecule has 0 spiro atoms. The fourth-order valence-corrected chi connectivity index (χ4v) is 1.43. The number of hydrogen-bond acceptors (Lipinski definition) is 2. The minimum absolute atomic E-state index is 0.282. The van der Waals surface area contributed by atoms with E-state index in [9.17, 15) is 0 Å². The van der Waals surface area contributed by atoms with Gasteiger partial charge in [0.1, 0.15) is 0 Å². The molecule has 1 atom stereocenters. The van der Waals surface area contributed by atoms with Gasteiger partial charge < -0.3 is 11.1 Å². The van der Waals surface area contributed by atoms with Crippen LogP contribution in [0.5, 0.6) is 0 Å². The van der Waals surface area contributed by atoms with E-state index in [2.05, 4.69) is 5.32 Å². The molecule has 1 aromatic carbocycles. The van der Waals surface area contributed by atoms with Gasteiger partial charge in [0.25, 0.3) is 0 Å². The number of hydrogen-bond donors (Lipinski definition) is 2. The van der Waals surface area contributed by atoms with Crippen LogP contribution in [0.3, 0.4) is 0 Å². The summed E-state index contributed by atoms with van der Waals surface area (Å²) in [6.45, 7) is 3.33. The van der Waals surface area contributed by atoms with Gasteiger partial charge in [-0.15, -0.1) is 0 Å². The van der Waals surface area contributed by atoms with Crippen LogP contribution in [0.4, 0.5) is 0 Å². The number of rotatable bonds is 4. The second-order valence-corrected chi connectivity index (χ2v) is 4.10. The molecule has 0 fully saturated rings. The van der Waals surface area contributed by atoms with E-state index in [-0.39, 0.29) is 6.04 Å². The molecule has 3 N–H and O–H groups in total. The maximum atomic E-state index is 5.99. The third-order valence-electron chi connectivity index (χ3n) is 2.00. The van der Waals surface area contributed by atoms with Crippen LogP contribution in [0.1, 0.15) is 12.5 Å². The van der Waals surface area contributed by atoms with Crippen LogP contribution >= 0.6 is 23.2 Å². The fraction of sp³-hybridized carbons (Fsp3) is 0.400. The molecule has 0 heterocycles. The highest BCUT2D eigenvalue weighted by Gasteiger charge is 2.03. The van der Waals surface area contributed by atoms with Crippen molar-refractivity contribution in [3.63, 3.8) is 0 Å². The van der Waals surface area contributed by atoms with Crippen LogP contribution < -0.4 is 11.1 Å². The van der Waals surface area contributed by atoms with Crippen molar-refractivity contribution >= 4 is 23.2 Å². The highest BCUT2D eigenvalue weighted by molar-refractivity contribution is 6.33. The lowest BCUT2D eigenvalue weighted by atomic mass is 10.2. The number of nitrogens with two attached hydrogens (primary N) is 1. The summed E-state index contributed by atoms with van der Waals surface area (Å²) < 4.78 is 0. The molecule has 14 heavy (non-hydrogen) atoms. The van der Waals surface area contributed by atoms with Gasteiger partial charge in [-0.2, -0.15) is 0 Å². The standard InChI is InChI=1S/C10H14Cl2N2/c1-7(5-13)14-6-8-4-9(11)2-3-10(8)12/h2-4,7,14H,5-6,13H2,1H3/t7-/m1/s1. The molecule has 0 amide bonds. The molecule has 0 saturated carbocycles. The Morgan fingerprint density at radius 3 is 2.79 bits per heavy atom. The van der Waals surface area contributed by atoms with Crippen LogP contribution in [0, 0.1) is 0 Å². The third-order valence-corrected chi connectivity index (χ3v) is 2.61. The van der Waals surface area contributed by atoms with E-state index in [1.165, 1.54) is 0 Å². The maximum Gasteiger partial charge on any atom is 0.0451 e. The van der Waals surface area contributed by atoms with Gasteiger partial charge in [0.2, 0.25) is 0 Å². The minimum Gasteiger partial charge on any atom is -0.329 e. The van der Waals surface area contributed by atoms with Crippen molar-refractivity contribution in [1.29, 1.82) is 0 Å². The SMILES string of the molecule is C[C@H](CN)NCc1cc(Cl)ccc1Cl. The molecule has 0 saturated heterocycles. The van der Waals surface area contributed by atoms with E-state index in [0.717, 1.165) is 10.6 Å². The second-order valence-electron chi connectivity index (χ2n) is 3.25. The summed E-state index contributed by atoms with van der Waals surface area (Å²) in [5.74, 6) is 0. The summed E-state index contributed by atoms with van der Waals surface area (Å²) in [4.78, 5) is 0. The van der Waals surface area contributed by atoms with Crippen molar-refractivity contribution in [3.05, 3.63) is 33.8 Å². The van der Waals surface area contributed by atoms with E-state index in [4.69, 9.17) is 28.9 Å². The largest absolute Gasteiger partial charge is 0.329 e. The fourth-order valence-electron chi connectivity index (χ4n) is 1.05. The molecule has 0 radical (unpaired) electrons. The lowest BCUT2D eigenvalue weighted by Crippen LogP contribution is -2.32. The van der Waals surface area contributed by atoms with Gasteiger partial charge in [0, 0.05) is 29.2 Å². The van der Waals surface area contributed by atoms with Crippen LogP contribution in [0.15, 0.2) is 18.2 Å². The lowest BCUT2D eigenvalue weighted by molar-refractivity contribution is 0.556. The summed E-state index contributed by atoms with van der Waals surface area (Å²) in [5.41, 5.74) is 6.48. The molecule has 1 rings (SSSR count). The van der Waals surface area contributed by atoms with E-state index in [1.807, 2.05) is 13.0 Å².